The largest absolute Gasteiger partial charge is 0.388 e. The molecule has 82 valence electrons. The van der Waals surface area contributed by atoms with Crippen LogP contribution in [0.3, 0.4) is 0 Å². The van der Waals surface area contributed by atoms with Crippen molar-refractivity contribution in [1.29, 1.82) is 0 Å². The molecule has 1 fully saturated rings. The maximum absolute atomic E-state index is 10.0. The molecule has 0 aromatic heterocycles. The minimum Gasteiger partial charge on any atom is -0.388 e. The highest BCUT2D eigenvalue weighted by Gasteiger charge is 2.39. The van der Waals surface area contributed by atoms with E-state index in [1.807, 2.05) is 32.0 Å². The Kier molecular flexibility index (Phi) is 2.81. The van der Waals surface area contributed by atoms with E-state index in [1.54, 1.807) is 0 Å². The van der Waals surface area contributed by atoms with Gasteiger partial charge in [0.25, 0.3) is 0 Å². The average molecular weight is 206 g/mol. The number of hydrogen-bond acceptors (Lipinski definition) is 2. The second-order valence-electron chi connectivity index (χ2n) is 4.75. The lowest BCUT2D eigenvalue weighted by Gasteiger charge is -2.30. The molecule has 1 heterocycles. The van der Waals surface area contributed by atoms with Gasteiger partial charge in [-0.1, -0.05) is 30.3 Å². The fourth-order valence-electron chi connectivity index (χ4n) is 2.33. The fourth-order valence-corrected chi connectivity index (χ4v) is 2.33. The van der Waals surface area contributed by atoms with Crippen LogP contribution in [0.1, 0.15) is 31.7 Å². The van der Waals surface area contributed by atoms with Crippen molar-refractivity contribution >= 4 is 0 Å². The maximum atomic E-state index is 10.0. The van der Waals surface area contributed by atoms with E-state index in [2.05, 4.69) is 12.1 Å². The Morgan fingerprint density at radius 3 is 2.53 bits per heavy atom. The van der Waals surface area contributed by atoms with Crippen LogP contribution in [0.15, 0.2) is 30.3 Å². The van der Waals surface area contributed by atoms with E-state index >= 15 is 0 Å². The number of rotatable bonds is 2. The van der Waals surface area contributed by atoms with E-state index in [4.69, 9.17) is 4.74 Å². The van der Waals surface area contributed by atoms with E-state index in [0.717, 1.165) is 13.0 Å². The molecule has 1 aromatic carbocycles. The van der Waals surface area contributed by atoms with Gasteiger partial charge in [0.15, 0.2) is 0 Å². The summed E-state index contributed by atoms with van der Waals surface area (Å²) in [6.45, 7) is 4.38. The minimum absolute atomic E-state index is 0.0834. The van der Waals surface area contributed by atoms with Crippen LogP contribution < -0.4 is 0 Å². The Balaban J connectivity index is 2.23. The van der Waals surface area contributed by atoms with Crippen molar-refractivity contribution in [3.8, 4) is 0 Å². The SMILES string of the molecule is CC(C)(O)[C@@H]1OCC[C@H]1c1ccccc1. The Bertz CT molecular complexity index is 313. The van der Waals surface area contributed by atoms with Gasteiger partial charge in [-0.3, -0.25) is 0 Å². The van der Waals surface area contributed by atoms with Crippen molar-refractivity contribution in [2.24, 2.45) is 0 Å². The molecular formula is C13H18O2. The van der Waals surface area contributed by atoms with Crippen LogP contribution >= 0.6 is 0 Å². The zero-order valence-electron chi connectivity index (χ0n) is 9.31. The number of benzene rings is 1. The lowest BCUT2D eigenvalue weighted by atomic mass is 9.85. The number of aliphatic hydroxyl groups is 1. The first-order valence-corrected chi connectivity index (χ1v) is 5.48. The molecule has 2 rings (SSSR count). The van der Waals surface area contributed by atoms with Crippen molar-refractivity contribution in [3.05, 3.63) is 35.9 Å². The Morgan fingerprint density at radius 1 is 1.27 bits per heavy atom. The predicted octanol–water partition coefficient (Wildman–Crippen LogP) is 2.33. The van der Waals surface area contributed by atoms with Gasteiger partial charge in [0.1, 0.15) is 0 Å². The Hall–Kier alpha value is -0.860. The van der Waals surface area contributed by atoms with Gasteiger partial charge in [0.05, 0.1) is 11.7 Å². The van der Waals surface area contributed by atoms with Gasteiger partial charge in [-0.05, 0) is 25.8 Å². The van der Waals surface area contributed by atoms with E-state index in [0.29, 0.717) is 5.92 Å². The van der Waals surface area contributed by atoms with Crippen LogP contribution in [0.4, 0.5) is 0 Å². The van der Waals surface area contributed by atoms with E-state index in [-0.39, 0.29) is 6.10 Å². The molecule has 15 heavy (non-hydrogen) atoms. The lowest BCUT2D eigenvalue weighted by molar-refractivity contribution is -0.0659. The zero-order valence-corrected chi connectivity index (χ0v) is 9.31. The van der Waals surface area contributed by atoms with Crippen LogP contribution in [0.2, 0.25) is 0 Å². The Labute approximate surface area is 90.9 Å². The van der Waals surface area contributed by atoms with Crippen LogP contribution in [-0.4, -0.2) is 23.4 Å². The highest BCUT2D eigenvalue weighted by molar-refractivity contribution is 5.22. The predicted molar refractivity (Wildman–Crippen MR) is 59.8 cm³/mol. The normalized spacial score (nSPS) is 26.9. The van der Waals surface area contributed by atoms with Crippen LogP contribution in [0.5, 0.6) is 0 Å². The molecule has 1 N–H and O–H groups in total. The molecule has 0 aliphatic carbocycles. The molecule has 2 nitrogen and oxygen atoms in total. The molecule has 0 spiro atoms. The van der Waals surface area contributed by atoms with Gasteiger partial charge >= 0.3 is 0 Å². The third-order valence-electron chi connectivity index (χ3n) is 3.02. The van der Waals surface area contributed by atoms with Crippen LogP contribution in [0.25, 0.3) is 0 Å². The topological polar surface area (TPSA) is 29.5 Å². The monoisotopic (exact) mass is 206 g/mol. The molecule has 0 saturated carbocycles. The van der Waals surface area contributed by atoms with E-state index in [1.165, 1.54) is 5.56 Å². The summed E-state index contributed by atoms with van der Waals surface area (Å²) in [4.78, 5) is 0. The summed E-state index contributed by atoms with van der Waals surface area (Å²) in [6.07, 6.45) is 0.915. The molecule has 1 aromatic rings. The van der Waals surface area contributed by atoms with Gasteiger partial charge in [0.2, 0.25) is 0 Å². The second-order valence-corrected chi connectivity index (χ2v) is 4.75. The third kappa shape index (κ3) is 2.21. The highest BCUT2D eigenvalue weighted by Crippen LogP contribution is 2.36. The zero-order chi connectivity index (χ0) is 10.9. The van der Waals surface area contributed by atoms with Gasteiger partial charge in [0, 0.05) is 12.5 Å². The van der Waals surface area contributed by atoms with Crippen molar-refractivity contribution in [3.63, 3.8) is 0 Å². The summed E-state index contributed by atoms with van der Waals surface area (Å²) in [5.41, 5.74) is 0.499. The van der Waals surface area contributed by atoms with Crippen molar-refractivity contribution in [1.82, 2.24) is 0 Å². The summed E-state index contributed by atoms with van der Waals surface area (Å²) in [5.74, 6) is 0.325. The summed E-state index contributed by atoms with van der Waals surface area (Å²) in [7, 11) is 0. The summed E-state index contributed by atoms with van der Waals surface area (Å²) >= 11 is 0. The molecule has 2 heteroatoms. The first-order valence-electron chi connectivity index (χ1n) is 5.48. The average Bonchev–Trinajstić information content (AvgIpc) is 2.67. The number of ether oxygens (including phenoxy) is 1. The van der Waals surface area contributed by atoms with Gasteiger partial charge in [-0.15, -0.1) is 0 Å². The summed E-state index contributed by atoms with van der Waals surface area (Å²) < 4.78 is 5.63. The summed E-state index contributed by atoms with van der Waals surface area (Å²) in [6, 6.07) is 10.3. The minimum atomic E-state index is -0.767. The molecule has 1 saturated heterocycles. The molecule has 0 bridgehead atoms. The molecule has 0 unspecified atom stereocenters. The number of hydrogen-bond donors (Lipinski definition) is 1. The maximum Gasteiger partial charge on any atom is 0.0925 e. The molecular weight excluding hydrogens is 188 g/mol. The first-order chi connectivity index (χ1) is 7.09. The first kappa shape index (κ1) is 10.7. The Morgan fingerprint density at radius 2 is 1.93 bits per heavy atom. The van der Waals surface area contributed by atoms with Gasteiger partial charge in [-0.2, -0.15) is 0 Å². The molecule has 2 atom stereocenters. The quantitative estimate of drug-likeness (QED) is 0.804. The third-order valence-corrected chi connectivity index (χ3v) is 3.02. The summed E-state index contributed by atoms with van der Waals surface area (Å²) in [5, 5.41) is 10.0. The van der Waals surface area contributed by atoms with Gasteiger partial charge in [-0.25, -0.2) is 0 Å². The standard InChI is InChI=1S/C13H18O2/c1-13(2,14)12-11(8-9-15-12)10-6-4-3-5-7-10/h3-7,11-12,14H,8-9H2,1-2H3/t11-,12+/m0/s1. The highest BCUT2D eigenvalue weighted by atomic mass is 16.5. The molecule has 1 aliphatic rings. The molecule has 0 amide bonds. The smallest absolute Gasteiger partial charge is 0.0925 e. The lowest BCUT2D eigenvalue weighted by Crippen LogP contribution is -2.38. The van der Waals surface area contributed by atoms with Crippen molar-refractivity contribution in [2.75, 3.05) is 6.61 Å². The van der Waals surface area contributed by atoms with Gasteiger partial charge < -0.3 is 9.84 Å². The van der Waals surface area contributed by atoms with Crippen molar-refractivity contribution < 1.29 is 9.84 Å². The second kappa shape index (κ2) is 3.95. The fraction of sp³-hybridized carbons (Fsp3) is 0.538. The van der Waals surface area contributed by atoms with Crippen molar-refractivity contribution in [2.45, 2.75) is 37.9 Å². The van der Waals surface area contributed by atoms with E-state index in [9.17, 15) is 5.11 Å². The van der Waals surface area contributed by atoms with E-state index < -0.39 is 5.60 Å². The molecule has 0 radical (unpaired) electrons. The van der Waals surface area contributed by atoms with Crippen LogP contribution in [-0.2, 0) is 4.74 Å². The molecule has 1 aliphatic heterocycles. The van der Waals surface area contributed by atoms with Crippen LogP contribution in [0, 0.1) is 0 Å².